The van der Waals surface area contributed by atoms with Gasteiger partial charge in [0.25, 0.3) is 0 Å². The molecular formula is C10H18O3S. The molecule has 0 radical (unpaired) electrons. The lowest BCUT2D eigenvalue weighted by Gasteiger charge is -2.31. The van der Waals surface area contributed by atoms with Crippen molar-refractivity contribution in [3.8, 4) is 0 Å². The van der Waals surface area contributed by atoms with Gasteiger partial charge in [0.05, 0.1) is 18.6 Å². The molecule has 2 unspecified atom stereocenters. The van der Waals surface area contributed by atoms with E-state index in [2.05, 4.69) is 4.74 Å². The van der Waals surface area contributed by atoms with Gasteiger partial charge in [-0.2, -0.15) is 11.8 Å². The Morgan fingerprint density at radius 2 is 2.29 bits per heavy atom. The first kappa shape index (κ1) is 11.9. The van der Waals surface area contributed by atoms with Crippen LogP contribution < -0.4 is 0 Å². The van der Waals surface area contributed by atoms with Crippen LogP contribution in [-0.4, -0.2) is 35.8 Å². The maximum Gasteiger partial charge on any atom is 0.313 e. The smallest absolute Gasteiger partial charge is 0.313 e. The summed E-state index contributed by atoms with van der Waals surface area (Å²) in [5.74, 6) is 1.93. The summed E-state index contributed by atoms with van der Waals surface area (Å²) in [4.78, 5) is 11.4. The molecule has 1 N–H and O–H groups in total. The van der Waals surface area contributed by atoms with Crippen molar-refractivity contribution in [1.29, 1.82) is 0 Å². The molecule has 1 aliphatic rings. The number of aliphatic hydroxyl groups excluding tert-OH is 1. The second-order valence-electron chi connectivity index (χ2n) is 4.28. The van der Waals surface area contributed by atoms with Crippen LogP contribution in [0.2, 0.25) is 0 Å². The number of esters is 1. The van der Waals surface area contributed by atoms with E-state index in [0.717, 1.165) is 17.9 Å². The minimum atomic E-state index is -0.787. The zero-order valence-electron chi connectivity index (χ0n) is 8.95. The Morgan fingerprint density at radius 1 is 1.64 bits per heavy atom. The van der Waals surface area contributed by atoms with E-state index < -0.39 is 11.5 Å². The third-order valence-electron chi connectivity index (χ3n) is 2.86. The van der Waals surface area contributed by atoms with E-state index in [4.69, 9.17) is 0 Å². The molecule has 82 valence electrons. The summed E-state index contributed by atoms with van der Waals surface area (Å²) in [5.41, 5.74) is -0.787. The maximum absolute atomic E-state index is 11.4. The Kier molecular flexibility index (Phi) is 3.84. The zero-order chi connectivity index (χ0) is 10.8. The average Bonchev–Trinajstić information content (AvgIpc) is 2.67. The van der Waals surface area contributed by atoms with Crippen LogP contribution >= 0.6 is 11.8 Å². The molecule has 0 amide bonds. The van der Waals surface area contributed by atoms with Gasteiger partial charge in [-0.25, -0.2) is 0 Å². The zero-order valence-corrected chi connectivity index (χ0v) is 9.76. The molecule has 0 aromatic rings. The van der Waals surface area contributed by atoms with Crippen molar-refractivity contribution < 1.29 is 14.6 Å². The van der Waals surface area contributed by atoms with Gasteiger partial charge in [0.2, 0.25) is 0 Å². The largest absolute Gasteiger partial charge is 0.469 e. The highest BCUT2D eigenvalue weighted by molar-refractivity contribution is 7.99. The Balaban J connectivity index is 2.65. The number of ether oxygens (including phenoxy) is 1. The van der Waals surface area contributed by atoms with Crippen LogP contribution in [0.1, 0.15) is 20.3 Å². The second-order valence-corrected chi connectivity index (χ2v) is 5.43. The van der Waals surface area contributed by atoms with Crippen LogP contribution in [0, 0.1) is 11.3 Å². The van der Waals surface area contributed by atoms with Gasteiger partial charge in [-0.3, -0.25) is 4.79 Å². The highest BCUT2D eigenvalue weighted by atomic mass is 32.2. The van der Waals surface area contributed by atoms with Gasteiger partial charge in [0.1, 0.15) is 0 Å². The molecule has 0 spiro atoms. The SMILES string of the molecule is COC(=O)C(C)(C)C(O)C1CCSC1. The van der Waals surface area contributed by atoms with Gasteiger partial charge in [0.15, 0.2) is 0 Å². The second kappa shape index (κ2) is 4.53. The molecule has 1 saturated heterocycles. The lowest BCUT2D eigenvalue weighted by atomic mass is 9.79. The molecule has 1 heterocycles. The van der Waals surface area contributed by atoms with E-state index in [1.807, 2.05) is 11.8 Å². The van der Waals surface area contributed by atoms with Crippen LogP contribution in [0.5, 0.6) is 0 Å². The molecule has 1 fully saturated rings. The lowest BCUT2D eigenvalue weighted by Crippen LogP contribution is -2.42. The van der Waals surface area contributed by atoms with Crippen molar-refractivity contribution in [2.75, 3.05) is 18.6 Å². The van der Waals surface area contributed by atoms with Gasteiger partial charge in [-0.1, -0.05) is 0 Å². The number of rotatable bonds is 3. The lowest BCUT2D eigenvalue weighted by molar-refractivity contribution is -0.159. The molecule has 0 bridgehead atoms. The highest BCUT2D eigenvalue weighted by Gasteiger charge is 2.42. The fourth-order valence-electron chi connectivity index (χ4n) is 1.77. The number of carbonyl (C=O) groups excluding carboxylic acids is 1. The summed E-state index contributed by atoms with van der Waals surface area (Å²) in [7, 11) is 1.36. The third kappa shape index (κ3) is 2.23. The molecule has 1 aliphatic heterocycles. The number of aliphatic hydroxyl groups is 1. The molecule has 3 nitrogen and oxygen atoms in total. The van der Waals surface area contributed by atoms with Gasteiger partial charge in [-0.05, 0) is 37.7 Å². The Hall–Kier alpha value is -0.220. The molecule has 4 heteroatoms. The summed E-state index contributed by atoms with van der Waals surface area (Å²) in [6, 6.07) is 0. The van der Waals surface area contributed by atoms with Crippen molar-refractivity contribution in [1.82, 2.24) is 0 Å². The molecule has 14 heavy (non-hydrogen) atoms. The highest BCUT2D eigenvalue weighted by Crippen LogP contribution is 2.35. The summed E-state index contributed by atoms with van der Waals surface area (Å²) >= 11 is 1.83. The number of carbonyl (C=O) groups is 1. The summed E-state index contributed by atoms with van der Waals surface area (Å²) in [6.07, 6.45) is 0.400. The first-order chi connectivity index (χ1) is 6.50. The van der Waals surface area contributed by atoms with Crippen LogP contribution in [0.3, 0.4) is 0 Å². The quantitative estimate of drug-likeness (QED) is 0.725. The average molecular weight is 218 g/mol. The standard InChI is InChI=1S/C10H18O3S/c1-10(2,9(12)13-3)8(11)7-4-5-14-6-7/h7-8,11H,4-6H2,1-3H3. The molecule has 2 atom stereocenters. The van der Waals surface area contributed by atoms with Gasteiger partial charge >= 0.3 is 5.97 Å². The molecule has 0 aromatic heterocycles. The van der Waals surface area contributed by atoms with Gasteiger partial charge in [-0.15, -0.1) is 0 Å². The van der Waals surface area contributed by atoms with E-state index in [-0.39, 0.29) is 11.9 Å². The van der Waals surface area contributed by atoms with E-state index >= 15 is 0 Å². The van der Waals surface area contributed by atoms with Crippen molar-refractivity contribution >= 4 is 17.7 Å². The summed E-state index contributed by atoms with van der Waals surface area (Å²) in [5, 5.41) is 10.1. The minimum Gasteiger partial charge on any atom is -0.469 e. The predicted molar refractivity (Wildman–Crippen MR) is 57.2 cm³/mol. The number of hydrogen-bond acceptors (Lipinski definition) is 4. The van der Waals surface area contributed by atoms with Crippen LogP contribution in [-0.2, 0) is 9.53 Å². The van der Waals surface area contributed by atoms with Crippen molar-refractivity contribution in [3.63, 3.8) is 0 Å². The summed E-state index contributed by atoms with van der Waals surface area (Å²) < 4.78 is 4.69. The Morgan fingerprint density at radius 3 is 2.71 bits per heavy atom. The Labute approximate surface area is 89.2 Å². The van der Waals surface area contributed by atoms with Crippen molar-refractivity contribution in [3.05, 3.63) is 0 Å². The predicted octanol–water partition coefficient (Wildman–Crippen LogP) is 1.30. The Bertz CT molecular complexity index is 209. The summed E-state index contributed by atoms with van der Waals surface area (Å²) in [6.45, 7) is 3.49. The topological polar surface area (TPSA) is 46.5 Å². The van der Waals surface area contributed by atoms with Gasteiger partial charge in [0, 0.05) is 0 Å². The van der Waals surface area contributed by atoms with Crippen LogP contribution in [0.4, 0.5) is 0 Å². The van der Waals surface area contributed by atoms with Crippen molar-refractivity contribution in [2.45, 2.75) is 26.4 Å². The van der Waals surface area contributed by atoms with Crippen LogP contribution in [0.25, 0.3) is 0 Å². The normalized spacial score (nSPS) is 24.7. The first-order valence-electron chi connectivity index (χ1n) is 4.84. The van der Waals surface area contributed by atoms with Crippen LogP contribution in [0.15, 0.2) is 0 Å². The third-order valence-corrected chi connectivity index (χ3v) is 4.05. The van der Waals surface area contributed by atoms with E-state index in [1.165, 1.54) is 7.11 Å². The number of methoxy groups -OCH3 is 1. The first-order valence-corrected chi connectivity index (χ1v) is 6.00. The monoisotopic (exact) mass is 218 g/mol. The number of hydrogen-bond donors (Lipinski definition) is 1. The van der Waals surface area contributed by atoms with E-state index in [1.54, 1.807) is 13.8 Å². The maximum atomic E-state index is 11.4. The van der Waals surface area contributed by atoms with Crippen molar-refractivity contribution in [2.24, 2.45) is 11.3 Å². The molecule has 0 aliphatic carbocycles. The fourth-order valence-corrected chi connectivity index (χ4v) is 3.06. The van der Waals surface area contributed by atoms with E-state index in [9.17, 15) is 9.90 Å². The number of thioether (sulfide) groups is 1. The van der Waals surface area contributed by atoms with Gasteiger partial charge < -0.3 is 9.84 Å². The molecule has 0 saturated carbocycles. The van der Waals surface area contributed by atoms with E-state index in [0.29, 0.717) is 0 Å². The fraction of sp³-hybridized carbons (Fsp3) is 0.900. The molecular weight excluding hydrogens is 200 g/mol. The molecule has 0 aromatic carbocycles. The molecule has 1 rings (SSSR count). The minimum absolute atomic E-state index is 0.231.